The van der Waals surface area contributed by atoms with Gasteiger partial charge in [0.05, 0.1) is 11.9 Å². The van der Waals surface area contributed by atoms with Gasteiger partial charge in [-0.25, -0.2) is 14.4 Å². The summed E-state index contributed by atoms with van der Waals surface area (Å²) in [7, 11) is 0. The minimum atomic E-state index is -0.274. The number of hydrogen-bond acceptors (Lipinski definition) is 4. The lowest BCUT2D eigenvalue weighted by atomic mass is 10.0. The Bertz CT molecular complexity index is 1510. The molecule has 8 heteroatoms. The van der Waals surface area contributed by atoms with Crippen LogP contribution in [0.3, 0.4) is 0 Å². The molecule has 0 fully saturated rings. The van der Waals surface area contributed by atoms with E-state index in [1.165, 1.54) is 12.1 Å². The van der Waals surface area contributed by atoms with E-state index in [2.05, 4.69) is 35.3 Å². The molecule has 1 aromatic carbocycles. The maximum absolute atomic E-state index is 13.8. The van der Waals surface area contributed by atoms with Crippen molar-refractivity contribution in [2.45, 2.75) is 0 Å². The molecule has 0 aliphatic carbocycles. The monoisotopic (exact) mass is 395 g/mol. The van der Waals surface area contributed by atoms with Crippen LogP contribution in [0.2, 0.25) is 0 Å². The quantitative estimate of drug-likeness (QED) is 0.404. The average Bonchev–Trinajstić information content (AvgIpc) is 3.51. The maximum Gasteiger partial charge on any atom is 0.155 e. The average molecular weight is 395 g/mol. The van der Waals surface area contributed by atoms with Crippen molar-refractivity contribution in [1.29, 1.82) is 0 Å². The van der Waals surface area contributed by atoms with Crippen LogP contribution in [-0.2, 0) is 0 Å². The highest BCUT2D eigenvalue weighted by Crippen LogP contribution is 2.34. The molecule has 0 amide bonds. The first-order valence-corrected chi connectivity index (χ1v) is 9.33. The number of fused-ring (bicyclic) bond motifs is 2. The highest BCUT2D eigenvalue weighted by molar-refractivity contribution is 5.99. The van der Waals surface area contributed by atoms with E-state index in [1.807, 2.05) is 30.5 Å². The second kappa shape index (κ2) is 6.35. The normalized spacial score (nSPS) is 11.5. The van der Waals surface area contributed by atoms with E-state index >= 15 is 0 Å². The minimum Gasteiger partial charge on any atom is -0.338 e. The summed E-state index contributed by atoms with van der Waals surface area (Å²) in [5, 5.41) is 16.1. The van der Waals surface area contributed by atoms with E-state index in [9.17, 15) is 4.39 Å². The van der Waals surface area contributed by atoms with Crippen molar-refractivity contribution >= 4 is 22.1 Å². The third kappa shape index (κ3) is 2.58. The van der Waals surface area contributed by atoms with Crippen molar-refractivity contribution in [3.05, 3.63) is 73.1 Å². The molecular formula is C22H14FN7. The van der Waals surface area contributed by atoms with Gasteiger partial charge in [-0.1, -0.05) is 12.1 Å². The number of halogens is 1. The molecule has 144 valence electrons. The number of aromatic amines is 3. The van der Waals surface area contributed by atoms with Crippen LogP contribution >= 0.6 is 0 Å². The first kappa shape index (κ1) is 16.6. The highest BCUT2D eigenvalue weighted by Gasteiger charge is 2.15. The molecule has 0 spiro atoms. The molecule has 0 atom stereocenters. The van der Waals surface area contributed by atoms with E-state index in [-0.39, 0.29) is 5.82 Å². The fourth-order valence-corrected chi connectivity index (χ4v) is 3.74. The fourth-order valence-electron chi connectivity index (χ4n) is 3.74. The van der Waals surface area contributed by atoms with Crippen LogP contribution in [0, 0.1) is 5.82 Å². The standard InChI is InChI=1S/C22H14FN7/c23-15-3-1-2-12(6-15)16-4-5-24-21-17(16)8-19(28-21)20-18-7-13(14-10-26-27-11-14)9-25-22(18)30-29-20/h1-11H,(H,24,28)(H,26,27)(H,25,29,30). The van der Waals surface area contributed by atoms with Gasteiger partial charge in [0.15, 0.2) is 5.65 Å². The Balaban J connectivity index is 1.53. The Morgan fingerprint density at radius 3 is 2.67 bits per heavy atom. The first-order chi connectivity index (χ1) is 14.8. The minimum absolute atomic E-state index is 0.274. The van der Waals surface area contributed by atoms with Gasteiger partial charge in [-0.15, -0.1) is 0 Å². The van der Waals surface area contributed by atoms with E-state index in [0.717, 1.165) is 44.4 Å². The molecule has 0 saturated heterocycles. The third-order valence-electron chi connectivity index (χ3n) is 5.17. The molecule has 0 unspecified atom stereocenters. The van der Waals surface area contributed by atoms with E-state index in [4.69, 9.17) is 0 Å². The SMILES string of the molecule is Fc1cccc(-c2ccnc3[nH]c(-c4n[nH]c5ncc(-c6cn[nH]c6)cc45)cc23)c1. The van der Waals surface area contributed by atoms with Crippen LogP contribution in [0.4, 0.5) is 4.39 Å². The van der Waals surface area contributed by atoms with Crippen LogP contribution in [0.5, 0.6) is 0 Å². The molecule has 0 aliphatic rings. The molecule has 6 rings (SSSR count). The zero-order chi connectivity index (χ0) is 20.1. The van der Waals surface area contributed by atoms with Crippen LogP contribution in [-0.4, -0.2) is 35.3 Å². The topological polar surface area (TPSA) is 98.9 Å². The Kier molecular flexibility index (Phi) is 3.51. The van der Waals surface area contributed by atoms with Crippen molar-refractivity contribution < 1.29 is 4.39 Å². The van der Waals surface area contributed by atoms with Crippen LogP contribution in [0.15, 0.2) is 67.3 Å². The summed E-state index contributed by atoms with van der Waals surface area (Å²) in [6, 6.07) is 12.4. The molecule has 0 bridgehead atoms. The fraction of sp³-hybridized carbons (Fsp3) is 0. The van der Waals surface area contributed by atoms with Gasteiger partial charge in [-0.05, 0) is 41.5 Å². The van der Waals surface area contributed by atoms with Crippen LogP contribution < -0.4 is 0 Å². The highest BCUT2D eigenvalue weighted by atomic mass is 19.1. The molecular weight excluding hydrogens is 381 g/mol. The molecule has 0 saturated carbocycles. The predicted octanol–water partition coefficient (Wildman–Crippen LogP) is 4.70. The number of benzene rings is 1. The Morgan fingerprint density at radius 1 is 0.833 bits per heavy atom. The maximum atomic E-state index is 13.8. The van der Waals surface area contributed by atoms with Gasteiger partial charge >= 0.3 is 0 Å². The Hall–Kier alpha value is -4.33. The zero-order valence-corrected chi connectivity index (χ0v) is 15.5. The van der Waals surface area contributed by atoms with Gasteiger partial charge in [0.1, 0.15) is 17.2 Å². The number of nitrogens with one attached hydrogen (secondary N) is 3. The molecule has 0 aliphatic heterocycles. The lowest BCUT2D eigenvalue weighted by Crippen LogP contribution is -1.83. The zero-order valence-electron chi connectivity index (χ0n) is 15.5. The molecule has 5 heterocycles. The second-order valence-electron chi connectivity index (χ2n) is 6.99. The lowest BCUT2D eigenvalue weighted by molar-refractivity contribution is 0.628. The van der Waals surface area contributed by atoms with E-state index < -0.39 is 0 Å². The third-order valence-corrected chi connectivity index (χ3v) is 5.17. The van der Waals surface area contributed by atoms with Gasteiger partial charge in [-0.2, -0.15) is 10.2 Å². The summed E-state index contributed by atoms with van der Waals surface area (Å²) < 4.78 is 13.8. The van der Waals surface area contributed by atoms with Crippen molar-refractivity contribution in [2.24, 2.45) is 0 Å². The molecule has 5 aromatic heterocycles. The first-order valence-electron chi connectivity index (χ1n) is 9.33. The number of pyridine rings is 2. The summed E-state index contributed by atoms with van der Waals surface area (Å²) in [6.45, 7) is 0. The van der Waals surface area contributed by atoms with Crippen molar-refractivity contribution in [1.82, 2.24) is 35.3 Å². The summed E-state index contributed by atoms with van der Waals surface area (Å²) >= 11 is 0. The van der Waals surface area contributed by atoms with E-state index in [0.29, 0.717) is 11.3 Å². The lowest BCUT2D eigenvalue weighted by Gasteiger charge is -2.02. The molecule has 30 heavy (non-hydrogen) atoms. The van der Waals surface area contributed by atoms with Crippen molar-refractivity contribution in [3.63, 3.8) is 0 Å². The van der Waals surface area contributed by atoms with Crippen LogP contribution in [0.1, 0.15) is 0 Å². The van der Waals surface area contributed by atoms with Gasteiger partial charge in [0.2, 0.25) is 0 Å². The number of H-pyrrole nitrogens is 3. The molecule has 0 radical (unpaired) electrons. The summed E-state index contributed by atoms with van der Waals surface area (Å²) in [4.78, 5) is 12.3. The summed E-state index contributed by atoms with van der Waals surface area (Å²) in [6.07, 6.45) is 7.06. The molecule has 6 aromatic rings. The Labute approximate surface area is 169 Å². The van der Waals surface area contributed by atoms with Crippen LogP contribution in [0.25, 0.3) is 55.7 Å². The van der Waals surface area contributed by atoms with Crippen molar-refractivity contribution in [3.8, 4) is 33.6 Å². The predicted molar refractivity (Wildman–Crippen MR) is 112 cm³/mol. The van der Waals surface area contributed by atoms with Gasteiger partial charge in [0.25, 0.3) is 0 Å². The Morgan fingerprint density at radius 2 is 1.80 bits per heavy atom. The van der Waals surface area contributed by atoms with Gasteiger partial charge in [0, 0.05) is 40.5 Å². The molecule has 3 N–H and O–H groups in total. The number of hydrogen-bond donors (Lipinski definition) is 3. The summed E-state index contributed by atoms with van der Waals surface area (Å²) in [5.74, 6) is -0.274. The smallest absolute Gasteiger partial charge is 0.155 e. The van der Waals surface area contributed by atoms with Gasteiger partial charge < -0.3 is 4.98 Å². The van der Waals surface area contributed by atoms with E-state index in [1.54, 1.807) is 24.7 Å². The summed E-state index contributed by atoms with van der Waals surface area (Å²) in [5.41, 5.74) is 6.53. The number of rotatable bonds is 3. The number of aromatic nitrogens is 7. The van der Waals surface area contributed by atoms with Crippen molar-refractivity contribution in [2.75, 3.05) is 0 Å². The second-order valence-corrected chi connectivity index (χ2v) is 6.99. The van der Waals surface area contributed by atoms with Gasteiger partial charge in [-0.3, -0.25) is 10.2 Å². The number of nitrogens with zero attached hydrogens (tertiary/aromatic N) is 4. The largest absolute Gasteiger partial charge is 0.338 e. The molecule has 7 nitrogen and oxygen atoms in total.